The molecule has 0 radical (unpaired) electrons. The van der Waals surface area contributed by atoms with Gasteiger partial charge in [0.05, 0.1) is 19.3 Å². The van der Waals surface area contributed by atoms with Crippen LogP contribution in [0.4, 0.5) is 18.0 Å². The Morgan fingerprint density at radius 3 is 2.66 bits per heavy atom. The van der Waals surface area contributed by atoms with Crippen molar-refractivity contribution < 1.29 is 37.0 Å². The van der Waals surface area contributed by atoms with Gasteiger partial charge in [-0.25, -0.2) is 4.79 Å². The molecule has 5 rings (SSSR count). The number of fused-ring (bicyclic) bond motifs is 3. The summed E-state index contributed by atoms with van der Waals surface area (Å²) in [7, 11) is 1.37. The van der Waals surface area contributed by atoms with Gasteiger partial charge in [0.25, 0.3) is 5.91 Å². The van der Waals surface area contributed by atoms with E-state index in [1.165, 1.54) is 7.05 Å². The Balaban J connectivity index is 1.68. The topological polar surface area (TPSA) is 83.6 Å². The number of carbonyl (C=O) groups is 2. The first-order valence-electron chi connectivity index (χ1n) is 12.9. The highest BCUT2D eigenvalue weighted by Gasteiger charge is 2.49. The third-order valence-corrected chi connectivity index (χ3v) is 8.18. The van der Waals surface area contributed by atoms with E-state index in [1.54, 1.807) is 34.1 Å². The van der Waals surface area contributed by atoms with Gasteiger partial charge in [0, 0.05) is 23.9 Å². The minimum atomic E-state index is -4.68. The number of hydrogen-bond donors (Lipinski definition) is 1. The van der Waals surface area contributed by atoms with E-state index >= 15 is 0 Å². The fourth-order valence-corrected chi connectivity index (χ4v) is 6.02. The van der Waals surface area contributed by atoms with E-state index in [-0.39, 0.29) is 31.3 Å². The molecular weight excluding hydrogens is 561 g/mol. The number of nitrogens with zero attached hydrogens (tertiary/aromatic N) is 3. The van der Waals surface area contributed by atoms with Gasteiger partial charge in [0.15, 0.2) is 11.5 Å². The summed E-state index contributed by atoms with van der Waals surface area (Å²) < 4.78 is 58.6. The molecule has 3 aliphatic rings. The molecule has 2 aromatic rings. The number of carbonyl (C=O) groups excluding carboxylic acids is 2. The third-order valence-electron chi connectivity index (χ3n) is 7.04. The van der Waals surface area contributed by atoms with Crippen LogP contribution >= 0.6 is 11.8 Å². The summed E-state index contributed by atoms with van der Waals surface area (Å²) in [4.78, 5) is 27.2. The lowest BCUT2D eigenvalue weighted by Gasteiger charge is -2.49. The molecule has 3 aliphatic heterocycles. The largest absolute Gasteiger partial charge is 0.457 e. The van der Waals surface area contributed by atoms with Crippen LogP contribution in [0.5, 0.6) is 0 Å². The molecule has 0 unspecified atom stereocenters. The molecule has 0 saturated carbocycles. The number of nitrogens with one attached hydrogen (secondary N) is 1. The van der Waals surface area contributed by atoms with Gasteiger partial charge < -0.3 is 24.4 Å². The highest BCUT2D eigenvalue weighted by Crippen LogP contribution is 2.45. The Morgan fingerprint density at radius 1 is 1.17 bits per heavy atom. The minimum Gasteiger partial charge on any atom is -0.457 e. The van der Waals surface area contributed by atoms with E-state index in [0.717, 1.165) is 33.4 Å². The second-order valence-electron chi connectivity index (χ2n) is 9.46. The zero-order chi connectivity index (χ0) is 29.1. The number of benzene rings is 2. The number of amides is 2. The Kier molecular flexibility index (Phi) is 8.47. The average Bonchev–Trinajstić information content (AvgIpc) is 3.11. The SMILES string of the molecule is CNC(=O)OCO/C1=C2\C(=O)N([C@H](C)C(F)(F)F)CN([C@H]3c4ccccc4CSc4ccccc43)N2/C=C\COC1. The minimum absolute atomic E-state index is 0.0584. The fraction of sp³-hybridized carbons (Fsp3) is 0.357. The second-order valence-corrected chi connectivity index (χ2v) is 10.5. The van der Waals surface area contributed by atoms with E-state index in [4.69, 9.17) is 14.2 Å². The number of rotatable bonds is 5. The molecule has 2 aromatic carbocycles. The van der Waals surface area contributed by atoms with Crippen LogP contribution in [0.15, 0.2) is 77.2 Å². The predicted molar refractivity (Wildman–Crippen MR) is 144 cm³/mol. The summed E-state index contributed by atoms with van der Waals surface area (Å²) in [5, 5.41) is 5.58. The maximum absolute atomic E-state index is 14.1. The van der Waals surface area contributed by atoms with Gasteiger partial charge in [-0.05, 0) is 35.8 Å². The maximum Gasteiger partial charge on any atom is 0.409 e. The van der Waals surface area contributed by atoms with Crippen molar-refractivity contribution in [2.75, 3.05) is 33.7 Å². The molecule has 0 bridgehead atoms. The van der Waals surface area contributed by atoms with Crippen molar-refractivity contribution in [3.63, 3.8) is 0 Å². The first kappa shape index (κ1) is 28.8. The molecule has 9 nitrogen and oxygen atoms in total. The van der Waals surface area contributed by atoms with Gasteiger partial charge in [-0.3, -0.25) is 9.80 Å². The van der Waals surface area contributed by atoms with E-state index < -0.39 is 37.1 Å². The molecule has 218 valence electrons. The van der Waals surface area contributed by atoms with Crippen molar-refractivity contribution in [1.29, 1.82) is 0 Å². The van der Waals surface area contributed by atoms with E-state index in [0.29, 0.717) is 5.75 Å². The van der Waals surface area contributed by atoms with Gasteiger partial charge in [-0.15, -0.1) is 11.8 Å². The third kappa shape index (κ3) is 5.88. The summed E-state index contributed by atoms with van der Waals surface area (Å²) in [6.45, 7) is -0.0385. The summed E-state index contributed by atoms with van der Waals surface area (Å²) in [6.07, 6.45) is -2.17. The summed E-state index contributed by atoms with van der Waals surface area (Å²) >= 11 is 1.65. The summed E-state index contributed by atoms with van der Waals surface area (Å²) in [5.41, 5.74) is 2.69. The molecule has 2 atom stereocenters. The van der Waals surface area contributed by atoms with Crippen LogP contribution < -0.4 is 5.32 Å². The first-order valence-corrected chi connectivity index (χ1v) is 13.9. The lowest BCUT2D eigenvalue weighted by atomic mass is 9.94. The smallest absolute Gasteiger partial charge is 0.409 e. The maximum atomic E-state index is 14.1. The van der Waals surface area contributed by atoms with Gasteiger partial charge in [-0.2, -0.15) is 18.2 Å². The fourth-order valence-electron chi connectivity index (χ4n) is 4.92. The number of alkyl carbamates (subject to hydrolysis) is 1. The van der Waals surface area contributed by atoms with Gasteiger partial charge in [0.2, 0.25) is 6.79 Å². The second kappa shape index (κ2) is 12.0. The Bertz CT molecular complexity index is 1320. The molecule has 1 fully saturated rings. The van der Waals surface area contributed by atoms with Crippen molar-refractivity contribution in [2.45, 2.75) is 35.8 Å². The molecule has 1 N–H and O–H groups in total. The van der Waals surface area contributed by atoms with E-state index in [1.807, 2.05) is 48.5 Å². The average molecular weight is 591 g/mol. The molecule has 41 heavy (non-hydrogen) atoms. The van der Waals surface area contributed by atoms with Gasteiger partial charge >= 0.3 is 12.3 Å². The number of hydrazine groups is 1. The normalized spacial score (nSPS) is 22.8. The van der Waals surface area contributed by atoms with Crippen LogP contribution in [-0.2, 0) is 24.8 Å². The molecule has 2 amide bonds. The Morgan fingerprint density at radius 2 is 1.90 bits per heavy atom. The standard InChI is InChI=1S/C28H29F3N4O5S/c1-18(28(29,30)31)33-16-35(24-20-9-4-3-8-19(20)15-41-23-11-6-5-10-21(23)24)34-12-7-13-38-14-22(25(34)26(33)36)39-17-40-27(37)32-2/h3-12,18,24H,13-17H2,1-2H3,(H,32,37)/b12-7-,25-22+/t18-,24+/m1/s1. The van der Waals surface area contributed by atoms with Crippen LogP contribution in [0.1, 0.15) is 29.7 Å². The number of hydrogen-bond acceptors (Lipinski definition) is 8. The van der Waals surface area contributed by atoms with Crippen molar-refractivity contribution in [2.24, 2.45) is 0 Å². The lowest BCUT2D eigenvalue weighted by Crippen LogP contribution is -2.62. The van der Waals surface area contributed by atoms with Crippen molar-refractivity contribution in [1.82, 2.24) is 20.2 Å². The Labute approximate surface area is 239 Å². The molecule has 1 saturated heterocycles. The molecular formula is C28H29F3N4O5S. The van der Waals surface area contributed by atoms with Crippen LogP contribution in [0.2, 0.25) is 0 Å². The van der Waals surface area contributed by atoms with Crippen molar-refractivity contribution in [3.8, 4) is 0 Å². The highest BCUT2D eigenvalue weighted by atomic mass is 32.2. The number of thioether (sulfide) groups is 1. The van der Waals surface area contributed by atoms with Gasteiger partial charge in [0.1, 0.15) is 12.6 Å². The molecule has 3 heterocycles. The number of alkyl halides is 3. The summed E-state index contributed by atoms with van der Waals surface area (Å²) in [6, 6.07) is 12.9. The predicted octanol–water partition coefficient (Wildman–Crippen LogP) is 4.74. The lowest BCUT2D eigenvalue weighted by molar-refractivity contribution is -0.204. The molecule has 13 heteroatoms. The van der Waals surface area contributed by atoms with Crippen LogP contribution in [0, 0.1) is 0 Å². The van der Waals surface area contributed by atoms with Gasteiger partial charge in [-0.1, -0.05) is 42.5 Å². The Hall–Kier alpha value is -3.68. The van der Waals surface area contributed by atoms with Crippen molar-refractivity contribution >= 4 is 23.8 Å². The zero-order valence-electron chi connectivity index (χ0n) is 22.4. The zero-order valence-corrected chi connectivity index (χ0v) is 23.2. The molecule has 0 aliphatic carbocycles. The number of ether oxygens (including phenoxy) is 3. The first-order chi connectivity index (χ1) is 19.7. The van der Waals surface area contributed by atoms with Crippen LogP contribution in [0.25, 0.3) is 0 Å². The summed E-state index contributed by atoms with van der Waals surface area (Å²) in [5.74, 6) is -0.269. The van der Waals surface area contributed by atoms with Crippen LogP contribution in [-0.4, -0.2) is 72.9 Å². The highest BCUT2D eigenvalue weighted by molar-refractivity contribution is 7.98. The molecule has 0 aromatic heterocycles. The quantitative estimate of drug-likeness (QED) is 0.501. The molecule has 0 spiro atoms. The van der Waals surface area contributed by atoms with E-state index in [9.17, 15) is 22.8 Å². The van der Waals surface area contributed by atoms with Crippen molar-refractivity contribution in [3.05, 3.63) is 89.0 Å². The van der Waals surface area contributed by atoms with Crippen LogP contribution in [0.3, 0.4) is 0 Å². The number of halogens is 3. The monoisotopic (exact) mass is 590 g/mol. The van der Waals surface area contributed by atoms with E-state index in [2.05, 4.69) is 5.32 Å².